The molecule has 3 aromatic heterocycles. The first-order chi connectivity index (χ1) is 13.8. The number of rotatable bonds is 3. The van der Waals surface area contributed by atoms with E-state index >= 15 is 0 Å². The maximum atomic E-state index is 13.1. The predicted octanol–water partition coefficient (Wildman–Crippen LogP) is 4.72. The lowest BCUT2D eigenvalue weighted by atomic mass is 9.88. The van der Waals surface area contributed by atoms with E-state index in [4.69, 9.17) is 10.5 Å². The van der Waals surface area contributed by atoms with Gasteiger partial charge in [-0.1, -0.05) is 6.92 Å². The minimum atomic E-state index is -0.412. The van der Waals surface area contributed by atoms with Gasteiger partial charge in [-0.25, -0.2) is 9.78 Å². The molecule has 3 aromatic rings. The average Bonchev–Trinajstić information content (AvgIpc) is 3.17. The number of aromatic nitrogens is 1. The number of nitrogens with one attached hydrogen (secondary N) is 1. The molecule has 0 saturated carbocycles. The molecule has 0 aromatic carbocycles. The largest absolute Gasteiger partial charge is 0.465 e. The maximum Gasteiger partial charge on any atom is 0.341 e. The molecule has 0 bridgehead atoms. The molecule has 4 rings (SSSR count). The minimum Gasteiger partial charge on any atom is -0.465 e. The smallest absolute Gasteiger partial charge is 0.341 e. The van der Waals surface area contributed by atoms with E-state index in [1.54, 1.807) is 0 Å². The van der Waals surface area contributed by atoms with E-state index in [-0.39, 0.29) is 5.91 Å². The summed E-state index contributed by atoms with van der Waals surface area (Å²) < 4.78 is 5.00. The number of nitrogens with two attached hydrogens (primary N) is 1. The number of esters is 1. The Balaban J connectivity index is 1.74. The minimum absolute atomic E-state index is 0.320. The topological polar surface area (TPSA) is 94.3 Å². The number of aryl methyl sites for hydroxylation is 2. The van der Waals surface area contributed by atoms with Gasteiger partial charge in [-0.15, -0.1) is 22.7 Å². The number of hydrogen-bond acceptors (Lipinski definition) is 7. The second-order valence-electron chi connectivity index (χ2n) is 7.61. The Bertz CT molecular complexity index is 1150. The molecule has 29 heavy (non-hydrogen) atoms. The first-order valence-corrected chi connectivity index (χ1v) is 11.1. The van der Waals surface area contributed by atoms with Gasteiger partial charge in [0.1, 0.15) is 14.7 Å². The molecule has 152 valence electrons. The Labute approximate surface area is 177 Å². The van der Waals surface area contributed by atoms with Crippen molar-refractivity contribution < 1.29 is 14.3 Å². The zero-order chi connectivity index (χ0) is 20.9. The fraction of sp³-hybridized carbons (Fsp3) is 0.381. The summed E-state index contributed by atoms with van der Waals surface area (Å²) in [6.45, 7) is 6.08. The van der Waals surface area contributed by atoms with Gasteiger partial charge in [-0.2, -0.15) is 0 Å². The van der Waals surface area contributed by atoms with Crippen LogP contribution in [0, 0.1) is 19.8 Å². The van der Waals surface area contributed by atoms with Gasteiger partial charge < -0.3 is 15.8 Å². The van der Waals surface area contributed by atoms with E-state index in [1.165, 1.54) is 29.8 Å². The number of nitrogen functional groups attached to an aromatic ring is 1. The second kappa shape index (κ2) is 7.42. The first-order valence-electron chi connectivity index (χ1n) is 9.50. The molecule has 0 fully saturated rings. The van der Waals surface area contributed by atoms with Crippen molar-refractivity contribution in [2.24, 2.45) is 5.92 Å². The van der Waals surface area contributed by atoms with Crippen LogP contribution in [-0.2, 0) is 17.6 Å². The summed E-state index contributed by atoms with van der Waals surface area (Å²) in [6, 6.07) is 1.96. The summed E-state index contributed by atoms with van der Waals surface area (Å²) in [4.78, 5) is 32.4. The molecule has 0 saturated heterocycles. The van der Waals surface area contributed by atoms with E-state index < -0.39 is 5.97 Å². The lowest BCUT2D eigenvalue weighted by Crippen LogP contribution is -2.16. The molecule has 8 heteroatoms. The lowest BCUT2D eigenvalue weighted by Gasteiger charge is -2.18. The van der Waals surface area contributed by atoms with Crippen molar-refractivity contribution in [2.75, 3.05) is 18.2 Å². The predicted molar refractivity (Wildman–Crippen MR) is 118 cm³/mol. The number of nitrogens with zero attached hydrogens (tertiary/aromatic N) is 1. The summed E-state index contributed by atoms with van der Waals surface area (Å²) in [6.07, 6.45) is 2.75. The van der Waals surface area contributed by atoms with Crippen LogP contribution in [0.4, 0.5) is 10.7 Å². The van der Waals surface area contributed by atoms with Gasteiger partial charge in [0.15, 0.2) is 0 Å². The summed E-state index contributed by atoms with van der Waals surface area (Å²) in [5, 5.41) is 4.29. The van der Waals surface area contributed by atoms with Crippen LogP contribution in [0.25, 0.3) is 10.2 Å². The number of carbonyl (C=O) groups is 2. The first kappa shape index (κ1) is 19.8. The summed E-state index contributed by atoms with van der Waals surface area (Å²) in [7, 11) is 1.37. The zero-order valence-corrected chi connectivity index (χ0v) is 18.5. The number of methoxy groups -OCH3 is 1. The number of anilines is 2. The summed E-state index contributed by atoms with van der Waals surface area (Å²) in [5.74, 6) is -0.171. The monoisotopic (exact) mass is 429 g/mol. The molecular formula is C21H23N3O3S2. The number of pyridine rings is 1. The van der Waals surface area contributed by atoms with Crippen molar-refractivity contribution in [1.82, 2.24) is 4.98 Å². The SMILES string of the molecule is COC(=O)c1c(NC(=O)c2sc3nc(C)cc(C)c3c2N)sc2c1CCC(C)C2. The van der Waals surface area contributed by atoms with Gasteiger partial charge in [0.05, 0.1) is 18.4 Å². The van der Waals surface area contributed by atoms with E-state index in [0.29, 0.717) is 27.0 Å². The maximum absolute atomic E-state index is 13.1. The number of carbonyl (C=O) groups excluding carboxylic acids is 2. The Morgan fingerprint density at radius 3 is 2.79 bits per heavy atom. The van der Waals surface area contributed by atoms with Crippen LogP contribution >= 0.6 is 22.7 Å². The van der Waals surface area contributed by atoms with E-state index in [0.717, 1.165) is 51.2 Å². The van der Waals surface area contributed by atoms with Crippen LogP contribution in [0.1, 0.15) is 55.1 Å². The molecule has 0 aliphatic heterocycles. The van der Waals surface area contributed by atoms with E-state index in [2.05, 4.69) is 17.2 Å². The number of thiophene rings is 2. The Morgan fingerprint density at radius 2 is 2.07 bits per heavy atom. The van der Waals surface area contributed by atoms with Crippen molar-refractivity contribution in [3.8, 4) is 0 Å². The van der Waals surface area contributed by atoms with Gasteiger partial charge in [-0.3, -0.25) is 4.79 Å². The second-order valence-corrected chi connectivity index (χ2v) is 9.71. The molecule has 6 nitrogen and oxygen atoms in total. The zero-order valence-electron chi connectivity index (χ0n) is 16.8. The van der Waals surface area contributed by atoms with Crippen molar-refractivity contribution in [1.29, 1.82) is 0 Å². The molecule has 1 aliphatic rings. The van der Waals surface area contributed by atoms with Crippen LogP contribution in [0.5, 0.6) is 0 Å². The highest BCUT2D eigenvalue weighted by molar-refractivity contribution is 7.21. The number of amides is 1. The highest BCUT2D eigenvalue weighted by atomic mass is 32.1. The van der Waals surface area contributed by atoms with Gasteiger partial charge in [0.2, 0.25) is 0 Å². The Hall–Kier alpha value is -2.45. The molecule has 3 N–H and O–H groups in total. The van der Waals surface area contributed by atoms with Crippen LogP contribution in [0.3, 0.4) is 0 Å². The standard InChI is InChI=1S/C21H23N3O3S2/c1-9-5-6-12-13(7-9)28-20(15(12)21(26)27-4)24-18(25)17-16(22)14-10(2)8-11(3)23-19(14)29-17/h8-9H,5-7,22H2,1-4H3,(H,24,25). The summed E-state index contributed by atoms with van der Waals surface area (Å²) in [5.41, 5.74) is 10.1. The van der Waals surface area contributed by atoms with Crippen molar-refractivity contribution in [3.05, 3.63) is 38.2 Å². The third-order valence-corrected chi connectivity index (χ3v) is 7.63. The van der Waals surface area contributed by atoms with Crippen molar-refractivity contribution in [3.63, 3.8) is 0 Å². The van der Waals surface area contributed by atoms with Gasteiger partial charge in [-0.05, 0) is 56.2 Å². The molecule has 1 amide bonds. The van der Waals surface area contributed by atoms with E-state index in [1.807, 2.05) is 19.9 Å². The highest BCUT2D eigenvalue weighted by Crippen LogP contribution is 2.41. The third kappa shape index (κ3) is 3.40. The van der Waals surface area contributed by atoms with Crippen molar-refractivity contribution >= 4 is 55.5 Å². The molecular weight excluding hydrogens is 406 g/mol. The molecule has 0 spiro atoms. The average molecular weight is 430 g/mol. The Morgan fingerprint density at radius 1 is 1.31 bits per heavy atom. The molecule has 1 unspecified atom stereocenters. The summed E-state index contributed by atoms with van der Waals surface area (Å²) >= 11 is 2.74. The number of fused-ring (bicyclic) bond motifs is 2. The number of hydrogen-bond donors (Lipinski definition) is 2. The molecule has 3 heterocycles. The van der Waals surface area contributed by atoms with Gasteiger partial charge in [0.25, 0.3) is 5.91 Å². The third-order valence-electron chi connectivity index (χ3n) is 5.36. The van der Waals surface area contributed by atoms with Crippen LogP contribution in [0.2, 0.25) is 0 Å². The Kier molecular flexibility index (Phi) is 5.08. The van der Waals surface area contributed by atoms with Crippen LogP contribution in [-0.4, -0.2) is 24.0 Å². The fourth-order valence-electron chi connectivity index (χ4n) is 3.95. The molecule has 1 atom stereocenters. The highest BCUT2D eigenvalue weighted by Gasteiger charge is 2.30. The number of ether oxygens (including phenoxy) is 1. The van der Waals surface area contributed by atoms with Gasteiger partial charge >= 0.3 is 5.97 Å². The fourth-order valence-corrected chi connectivity index (χ4v) is 6.46. The van der Waals surface area contributed by atoms with E-state index in [9.17, 15) is 9.59 Å². The molecule has 1 aliphatic carbocycles. The van der Waals surface area contributed by atoms with Crippen LogP contribution < -0.4 is 11.1 Å². The van der Waals surface area contributed by atoms with Crippen molar-refractivity contribution in [2.45, 2.75) is 40.0 Å². The quantitative estimate of drug-likeness (QED) is 0.588. The lowest BCUT2D eigenvalue weighted by molar-refractivity contribution is 0.0601. The molecule has 0 radical (unpaired) electrons. The van der Waals surface area contributed by atoms with Gasteiger partial charge in [0, 0.05) is 16.0 Å². The normalized spacial score (nSPS) is 15.9. The van der Waals surface area contributed by atoms with Crippen LogP contribution in [0.15, 0.2) is 6.07 Å².